The molecular formula is C18H21N5O2S. The first-order valence-corrected chi connectivity index (χ1v) is 9.48. The van der Waals surface area contributed by atoms with Crippen LogP contribution in [0.15, 0.2) is 23.4 Å². The number of nitrogens with one attached hydrogen (secondary N) is 1. The maximum absolute atomic E-state index is 9.85. The van der Waals surface area contributed by atoms with Gasteiger partial charge in [-0.2, -0.15) is 5.26 Å². The Morgan fingerprint density at radius 3 is 2.50 bits per heavy atom. The molecule has 1 saturated heterocycles. The fourth-order valence-electron chi connectivity index (χ4n) is 2.92. The van der Waals surface area contributed by atoms with Crippen molar-refractivity contribution in [2.45, 2.75) is 5.16 Å². The molecule has 0 unspecified atom stereocenters. The maximum atomic E-state index is 9.85. The highest BCUT2D eigenvalue weighted by molar-refractivity contribution is 7.98. The van der Waals surface area contributed by atoms with E-state index in [1.807, 2.05) is 24.5 Å². The smallest absolute Gasteiger partial charge is 0.189 e. The van der Waals surface area contributed by atoms with Gasteiger partial charge in [0.15, 0.2) is 22.5 Å². The molecule has 2 heterocycles. The van der Waals surface area contributed by atoms with Crippen LogP contribution in [0.5, 0.6) is 11.5 Å². The van der Waals surface area contributed by atoms with E-state index in [0.717, 1.165) is 31.7 Å². The van der Waals surface area contributed by atoms with Gasteiger partial charge in [0.1, 0.15) is 11.6 Å². The topological polar surface area (TPSA) is 83.3 Å². The van der Waals surface area contributed by atoms with Gasteiger partial charge < -0.3 is 19.7 Å². The third kappa shape index (κ3) is 3.54. The SMILES string of the molecule is COc1ccc(-c2nc(SC)nc(N3CCNCC3)c2C#N)cc1OC. The lowest BCUT2D eigenvalue weighted by Gasteiger charge is -2.29. The first-order chi connectivity index (χ1) is 12.7. The van der Waals surface area contributed by atoms with Crippen LogP contribution in [0.1, 0.15) is 5.56 Å². The van der Waals surface area contributed by atoms with Crippen LogP contribution in [-0.2, 0) is 0 Å². The van der Waals surface area contributed by atoms with Gasteiger partial charge in [0.2, 0.25) is 0 Å². The second-order valence-corrected chi connectivity index (χ2v) is 6.45. The van der Waals surface area contributed by atoms with Gasteiger partial charge in [0.25, 0.3) is 0 Å². The summed E-state index contributed by atoms with van der Waals surface area (Å²) in [5, 5.41) is 13.8. The van der Waals surface area contributed by atoms with E-state index >= 15 is 0 Å². The summed E-state index contributed by atoms with van der Waals surface area (Å²) in [5.41, 5.74) is 1.89. The van der Waals surface area contributed by atoms with E-state index in [1.165, 1.54) is 11.8 Å². The Morgan fingerprint density at radius 1 is 1.15 bits per heavy atom. The standard InChI is InChI=1S/C18H21N5O2S/c1-24-14-5-4-12(10-15(14)25-2)16-13(11-19)17(22-18(21-16)26-3)23-8-6-20-7-9-23/h4-5,10,20H,6-9H2,1-3H3. The molecule has 136 valence electrons. The summed E-state index contributed by atoms with van der Waals surface area (Å²) in [6, 6.07) is 7.86. The summed E-state index contributed by atoms with van der Waals surface area (Å²) < 4.78 is 10.7. The highest BCUT2D eigenvalue weighted by Gasteiger charge is 2.22. The predicted molar refractivity (Wildman–Crippen MR) is 102 cm³/mol. The average Bonchev–Trinajstić information content (AvgIpc) is 2.72. The van der Waals surface area contributed by atoms with E-state index in [9.17, 15) is 5.26 Å². The first kappa shape index (κ1) is 18.3. The summed E-state index contributed by atoms with van der Waals surface area (Å²) in [6.45, 7) is 3.36. The molecule has 26 heavy (non-hydrogen) atoms. The van der Waals surface area contributed by atoms with E-state index in [2.05, 4.69) is 26.3 Å². The monoisotopic (exact) mass is 371 g/mol. The minimum absolute atomic E-state index is 0.483. The minimum atomic E-state index is 0.483. The molecule has 1 aliphatic rings. The third-order valence-corrected chi connectivity index (χ3v) is 4.79. The van der Waals surface area contributed by atoms with Crippen LogP contribution in [0, 0.1) is 11.3 Å². The zero-order chi connectivity index (χ0) is 18.5. The van der Waals surface area contributed by atoms with Crippen molar-refractivity contribution in [2.75, 3.05) is 51.6 Å². The Hall–Kier alpha value is -2.50. The fraction of sp³-hybridized carbons (Fsp3) is 0.389. The number of nitrogens with zero attached hydrogens (tertiary/aromatic N) is 4. The summed E-state index contributed by atoms with van der Waals surface area (Å²) in [6.07, 6.45) is 1.93. The van der Waals surface area contributed by atoms with E-state index in [-0.39, 0.29) is 0 Å². The zero-order valence-electron chi connectivity index (χ0n) is 15.1. The molecular weight excluding hydrogens is 350 g/mol. The van der Waals surface area contributed by atoms with E-state index in [4.69, 9.17) is 9.47 Å². The maximum Gasteiger partial charge on any atom is 0.189 e. The summed E-state index contributed by atoms with van der Waals surface area (Å²) >= 11 is 1.46. The third-order valence-electron chi connectivity index (χ3n) is 4.24. The van der Waals surface area contributed by atoms with Gasteiger partial charge in [-0.3, -0.25) is 0 Å². The van der Waals surface area contributed by atoms with Gasteiger partial charge >= 0.3 is 0 Å². The van der Waals surface area contributed by atoms with Crippen LogP contribution >= 0.6 is 11.8 Å². The van der Waals surface area contributed by atoms with Gasteiger partial charge in [0, 0.05) is 31.7 Å². The number of benzene rings is 1. The Morgan fingerprint density at radius 2 is 1.88 bits per heavy atom. The molecule has 1 aromatic carbocycles. The second-order valence-electron chi connectivity index (χ2n) is 5.68. The van der Waals surface area contributed by atoms with E-state index in [0.29, 0.717) is 33.7 Å². The van der Waals surface area contributed by atoms with Crippen LogP contribution in [0.25, 0.3) is 11.3 Å². The number of anilines is 1. The predicted octanol–water partition coefficient (Wildman–Crippen LogP) is 2.16. The van der Waals surface area contributed by atoms with Gasteiger partial charge in [-0.25, -0.2) is 9.97 Å². The Kier molecular flexibility index (Phi) is 5.81. The van der Waals surface area contributed by atoms with Crippen molar-refractivity contribution in [1.82, 2.24) is 15.3 Å². The molecule has 0 radical (unpaired) electrons. The first-order valence-electron chi connectivity index (χ1n) is 8.26. The van der Waals surface area contributed by atoms with Crippen molar-refractivity contribution in [2.24, 2.45) is 0 Å². The Balaban J connectivity index is 2.16. The molecule has 0 bridgehead atoms. The van der Waals surface area contributed by atoms with Crippen molar-refractivity contribution >= 4 is 17.6 Å². The molecule has 0 atom stereocenters. The number of piperazine rings is 1. The molecule has 7 nitrogen and oxygen atoms in total. The Bertz CT molecular complexity index is 831. The molecule has 2 aromatic rings. The van der Waals surface area contributed by atoms with Gasteiger partial charge in [-0.1, -0.05) is 11.8 Å². The Labute approximate surface area is 157 Å². The summed E-state index contributed by atoms with van der Waals surface area (Å²) in [5.74, 6) is 1.93. The van der Waals surface area contributed by atoms with E-state index in [1.54, 1.807) is 14.2 Å². The van der Waals surface area contributed by atoms with Crippen LogP contribution < -0.4 is 19.7 Å². The second kappa shape index (κ2) is 8.25. The number of ether oxygens (including phenoxy) is 2. The highest BCUT2D eigenvalue weighted by Crippen LogP contribution is 2.35. The normalized spacial score (nSPS) is 14.0. The molecule has 0 amide bonds. The zero-order valence-corrected chi connectivity index (χ0v) is 15.9. The van der Waals surface area contributed by atoms with Crippen molar-refractivity contribution in [3.8, 4) is 28.8 Å². The quantitative estimate of drug-likeness (QED) is 0.632. The molecule has 0 saturated carbocycles. The van der Waals surface area contributed by atoms with Crippen LogP contribution in [-0.4, -0.2) is 56.6 Å². The molecule has 1 aliphatic heterocycles. The van der Waals surface area contributed by atoms with E-state index < -0.39 is 0 Å². The lowest BCUT2D eigenvalue weighted by molar-refractivity contribution is 0.355. The van der Waals surface area contributed by atoms with Crippen LogP contribution in [0.3, 0.4) is 0 Å². The summed E-state index contributed by atoms with van der Waals surface area (Å²) in [4.78, 5) is 11.4. The van der Waals surface area contributed by atoms with Gasteiger partial charge in [0.05, 0.1) is 19.9 Å². The fourth-order valence-corrected chi connectivity index (χ4v) is 3.28. The molecule has 1 N–H and O–H groups in total. The molecule has 1 fully saturated rings. The number of hydrogen-bond acceptors (Lipinski definition) is 8. The number of hydrogen-bond donors (Lipinski definition) is 1. The largest absolute Gasteiger partial charge is 0.493 e. The number of nitriles is 1. The molecule has 0 aliphatic carbocycles. The van der Waals surface area contributed by atoms with Crippen molar-refractivity contribution < 1.29 is 9.47 Å². The highest BCUT2D eigenvalue weighted by atomic mass is 32.2. The lowest BCUT2D eigenvalue weighted by atomic mass is 10.1. The molecule has 3 rings (SSSR count). The number of thioether (sulfide) groups is 1. The number of methoxy groups -OCH3 is 2. The molecule has 1 aromatic heterocycles. The van der Waals surface area contributed by atoms with Crippen molar-refractivity contribution in [1.29, 1.82) is 5.26 Å². The average molecular weight is 371 g/mol. The van der Waals surface area contributed by atoms with Crippen molar-refractivity contribution in [3.63, 3.8) is 0 Å². The number of rotatable bonds is 5. The molecule has 0 spiro atoms. The van der Waals surface area contributed by atoms with Gasteiger partial charge in [-0.05, 0) is 24.5 Å². The van der Waals surface area contributed by atoms with Gasteiger partial charge in [-0.15, -0.1) is 0 Å². The number of aromatic nitrogens is 2. The lowest BCUT2D eigenvalue weighted by Crippen LogP contribution is -2.44. The van der Waals surface area contributed by atoms with Crippen molar-refractivity contribution in [3.05, 3.63) is 23.8 Å². The van der Waals surface area contributed by atoms with Crippen LogP contribution in [0.4, 0.5) is 5.82 Å². The minimum Gasteiger partial charge on any atom is -0.493 e. The molecule has 8 heteroatoms. The summed E-state index contributed by atoms with van der Waals surface area (Å²) in [7, 11) is 3.18. The van der Waals surface area contributed by atoms with Crippen LogP contribution in [0.2, 0.25) is 0 Å².